The lowest BCUT2D eigenvalue weighted by Gasteiger charge is -2.14. The Morgan fingerprint density at radius 2 is 2.18 bits per heavy atom. The maximum Gasteiger partial charge on any atom is 0.132 e. The number of benzene rings is 1. The van der Waals surface area contributed by atoms with Crippen LogP contribution >= 0.6 is 11.8 Å². The lowest BCUT2D eigenvalue weighted by atomic mass is 10.1. The number of hydrogen-bond donors (Lipinski definition) is 2. The predicted octanol–water partition coefficient (Wildman–Crippen LogP) is 2.89. The summed E-state index contributed by atoms with van der Waals surface area (Å²) in [6.45, 7) is 0. The molecule has 3 nitrogen and oxygen atoms in total. The predicted molar refractivity (Wildman–Crippen MR) is 71.9 cm³/mol. The molecule has 2 rings (SSSR count). The van der Waals surface area contributed by atoms with E-state index in [-0.39, 0.29) is 5.41 Å². The number of amidine groups is 1. The molecule has 1 aliphatic rings. The van der Waals surface area contributed by atoms with Crippen LogP contribution in [0.2, 0.25) is 0 Å². The molecule has 1 aliphatic carbocycles. The minimum Gasteiger partial charge on any atom is -0.496 e. The Hall–Kier alpha value is -1.16. The number of nitrogens with one attached hydrogen (secondary N) is 1. The van der Waals surface area contributed by atoms with E-state index in [4.69, 9.17) is 15.9 Å². The number of rotatable bonds is 6. The van der Waals surface area contributed by atoms with Crippen LogP contribution in [-0.2, 0) is 0 Å². The second-order valence-electron chi connectivity index (χ2n) is 4.64. The van der Waals surface area contributed by atoms with Gasteiger partial charge in [-0.05, 0) is 30.4 Å². The Balaban J connectivity index is 1.96. The number of nitrogens with two attached hydrogens (primary N) is 1. The molecule has 0 amide bonds. The van der Waals surface area contributed by atoms with E-state index in [1.165, 1.54) is 17.7 Å². The molecule has 0 heterocycles. The fourth-order valence-corrected chi connectivity index (χ4v) is 3.24. The molecule has 0 atom stereocenters. The number of ether oxygens (including phenoxy) is 1. The van der Waals surface area contributed by atoms with Crippen LogP contribution in [0.4, 0.5) is 0 Å². The monoisotopic (exact) mass is 250 g/mol. The van der Waals surface area contributed by atoms with Crippen molar-refractivity contribution in [1.82, 2.24) is 0 Å². The van der Waals surface area contributed by atoms with E-state index in [1.807, 2.05) is 18.2 Å². The van der Waals surface area contributed by atoms with E-state index >= 15 is 0 Å². The van der Waals surface area contributed by atoms with Gasteiger partial charge >= 0.3 is 0 Å². The molecule has 0 unspecified atom stereocenters. The maximum absolute atomic E-state index is 7.40. The van der Waals surface area contributed by atoms with Gasteiger partial charge in [0, 0.05) is 17.1 Å². The van der Waals surface area contributed by atoms with Crippen LogP contribution in [0.15, 0.2) is 29.2 Å². The van der Waals surface area contributed by atoms with Crippen LogP contribution in [0.1, 0.15) is 19.3 Å². The molecule has 0 spiro atoms. The fraction of sp³-hybridized carbons (Fsp3) is 0.462. The van der Waals surface area contributed by atoms with Crippen molar-refractivity contribution in [2.75, 3.05) is 12.9 Å². The third-order valence-corrected chi connectivity index (χ3v) is 4.53. The number of para-hydroxylation sites is 1. The second-order valence-corrected chi connectivity index (χ2v) is 5.66. The van der Waals surface area contributed by atoms with Crippen molar-refractivity contribution in [3.8, 4) is 5.75 Å². The van der Waals surface area contributed by atoms with E-state index in [0.29, 0.717) is 5.84 Å². The van der Waals surface area contributed by atoms with Gasteiger partial charge in [0.15, 0.2) is 0 Å². The summed E-state index contributed by atoms with van der Waals surface area (Å²) in [5.74, 6) is 2.26. The Morgan fingerprint density at radius 3 is 2.76 bits per heavy atom. The van der Waals surface area contributed by atoms with Crippen molar-refractivity contribution in [2.24, 2.45) is 11.1 Å². The third-order valence-electron chi connectivity index (χ3n) is 3.13. The van der Waals surface area contributed by atoms with Crippen LogP contribution < -0.4 is 10.5 Å². The molecule has 0 aromatic heterocycles. The van der Waals surface area contributed by atoms with Gasteiger partial charge in [-0.15, -0.1) is 11.8 Å². The van der Waals surface area contributed by atoms with Crippen molar-refractivity contribution < 1.29 is 4.74 Å². The fourth-order valence-electron chi connectivity index (χ4n) is 1.92. The van der Waals surface area contributed by atoms with Gasteiger partial charge in [0.2, 0.25) is 0 Å². The highest BCUT2D eigenvalue weighted by molar-refractivity contribution is 7.99. The zero-order chi connectivity index (χ0) is 12.3. The van der Waals surface area contributed by atoms with E-state index in [1.54, 1.807) is 18.9 Å². The Kier molecular flexibility index (Phi) is 3.62. The highest BCUT2D eigenvalue weighted by Gasteiger charge is 2.42. The van der Waals surface area contributed by atoms with Crippen molar-refractivity contribution in [3.05, 3.63) is 24.3 Å². The molecular formula is C13H18N2OS. The molecule has 1 aromatic carbocycles. The lowest BCUT2D eigenvalue weighted by Crippen LogP contribution is -2.18. The highest BCUT2D eigenvalue weighted by Crippen LogP contribution is 2.52. The summed E-state index contributed by atoms with van der Waals surface area (Å²) in [7, 11) is 1.70. The first kappa shape index (κ1) is 12.3. The summed E-state index contributed by atoms with van der Waals surface area (Å²) < 4.78 is 5.32. The largest absolute Gasteiger partial charge is 0.496 e. The molecule has 92 valence electrons. The summed E-state index contributed by atoms with van der Waals surface area (Å²) in [5.41, 5.74) is 5.77. The van der Waals surface area contributed by atoms with E-state index in [0.717, 1.165) is 17.9 Å². The van der Waals surface area contributed by atoms with E-state index < -0.39 is 0 Å². The standard InChI is InChI=1S/C13H18N2OS/c1-16-10-4-2-3-5-11(10)17-9-13(6-7-13)8-12(14)15/h2-5H,6-9H2,1H3,(H3,14,15). The Morgan fingerprint density at radius 1 is 1.47 bits per heavy atom. The van der Waals surface area contributed by atoms with Crippen molar-refractivity contribution in [3.63, 3.8) is 0 Å². The molecule has 1 fully saturated rings. The molecular weight excluding hydrogens is 232 g/mol. The van der Waals surface area contributed by atoms with Gasteiger partial charge < -0.3 is 10.5 Å². The van der Waals surface area contributed by atoms with Crippen molar-refractivity contribution in [1.29, 1.82) is 5.41 Å². The second kappa shape index (κ2) is 5.00. The lowest BCUT2D eigenvalue weighted by molar-refractivity contribution is 0.404. The van der Waals surface area contributed by atoms with Crippen molar-refractivity contribution >= 4 is 17.6 Å². The molecule has 1 aromatic rings. The first-order valence-corrected chi connectivity index (χ1v) is 6.72. The average molecular weight is 250 g/mol. The van der Waals surface area contributed by atoms with Gasteiger partial charge in [0.1, 0.15) is 5.75 Å². The van der Waals surface area contributed by atoms with Gasteiger partial charge in [-0.25, -0.2) is 0 Å². The van der Waals surface area contributed by atoms with Gasteiger partial charge in [-0.1, -0.05) is 12.1 Å². The highest BCUT2D eigenvalue weighted by atomic mass is 32.2. The summed E-state index contributed by atoms with van der Waals surface area (Å²) in [6, 6.07) is 8.06. The molecule has 17 heavy (non-hydrogen) atoms. The smallest absolute Gasteiger partial charge is 0.132 e. The Bertz CT molecular complexity index is 416. The van der Waals surface area contributed by atoms with Crippen LogP contribution in [0.5, 0.6) is 5.75 Å². The third kappa shape index (κ3) is 3.16. The summed E-state index contributed by atoms with van der Waals surface area (Å²) in [5, 5.41) is 7.40. The Labute approximate surface area is 106 Å². The van der Waals surface area contributed by atoms with E-state index in [2.05, 4.69) is 6.07 Å². The van der Waals surface area contributed by atoms with E-state index in [9.17, 15) is 0 Å². The molecule has 1 saturated carbocycles. The zero-order valence-electron chi connectivity index (χ0n) is 10.0. The zero-order valence-corrected chi connectivity index (χ0v) is 10.8. The maximum atomic E-state index is 7.40. The molecule has 4 heteroatoms. The molecule has 0 bridgehead atoms. The van der Waals surface area contributed by atoms with Crippen LogP contribution in [-0.4, -0.2) is 18.7 Å². The molecule has 0 radical (unpaired) electrons. The van der Waals surface area contributed by atoms with Crippen molar-refractivity contribution in [2.45, 2.75) is 24.2 Å². The van der Waals surface area contributed by atoms with Gasteiger partial charge in [-0.3, -0.25) is 5.41 Å². The van der Waals surface area contributed by atoms with Gasteiger partial charge in [0.25, 0.3) is 0 Å². The first-order valence-electron chi connectivity index (χ1n) is 5.74. The van der Waals surface area contributed by atoms with Crippen LogP contribution in [0, 0.1) is 10.8 Å². The van der Waals surface area contributed by atoms with Gasteiger partial charge in [-0.2, -0.15) is 0 Å². The topological polar surface area (TPSA) is 59.1 Å². The normalized spacial score (nSPS) is 16.5. The summed E-state index contributed by atoms with van der Waals surface area (Å²) >= 11 is 1.81. The van der Waals surface area contributed by atoms with Crippen LogP contribution in [0.25, 0.3) is 0 Å². The minimum atomic E-state index is 0.275. The minimum absolute atomic E-state index is 0.275. The number of methoxy groups -OCH3 is 1. The molecule has 0 saturated heterocycles. The number of hydrogen-bond acceptors (Lipinski definition) is 3. The SMILES string of the molecule is COc1ccccc1SCC1(CC(=N)N)CC1. The summed E-state index contributed by atoms with van der Waals surface area (Å²) in [4.78, 5) is 1.17. The first-order chi connectivity index (χ1) is 8.15. The van der Waals surface area contributed by atoms with Crippen LogP contribution in [0.3, 0.4) is 0 Å². The quantitative estimate of drug-likeness (QED) is 0.463. The number of thioether (sulfide) groups is 1. The van der Waals surface area contributed by atoms with Gasteiger partial charge in [0.05, 0.1) is 12.9 Å². The average Bonchev–Trinajstić information content (AvgIpc) is 3.06. The molecule has 3 N–H and O–H groups in total. The molecule has 0 aliphatic heterocycles. The summed E-state index contributed by atoms with van der Waals surface area (Å²) in [6.07, 6.45) is 3.11.